The monoisotopic (exact) mass is 1080 g/mol. The van der Waals surface area contributed by atoms with Gasteiger partial charge in [0.1, 0.15) is 48.3 Å². The molecule has 1 aromatic carbocycles. The van der Waals surface area contributed by atoms with Crippen LogP contribution in [0.1, 0.15) is 78.0 Å². The van der Waals surface area contributed by atoms with Crippen LogP contribution in [0.15, 0.2) is 42.9 Å². The highest BCUT2D eigenvalue weighted by Gasteiger charge is 2.38. The van der Waals surface area contributed by atoms with E-state index in [0.717, 1.165) is 6.92 Å². The van der Waals surface area contributed by atoms with E-state index in [1.165, 1.54) is 24.3 Å². The molecule has 0 aliphatic heterocycles. The maximum Gasteiger partial charge on any atom is 0.326 e. The van der Waals surface area contributed by atoms with Crippen molar-refractivity contribution in [2.45, 2.75) is 140 Å². The Morgan fingerprint density at radius 3 is 1.63 bits per heavy atom. The van der Waals surface area contributed by atoms with Gasteiger partial charge in [0.2, 0.25) is 53.2 Å². The van der Waals surface area contributed by atoms with Gasteiger partial charge >= 0.3 is 11.9 Å². The van der Waals surface area contributed by atoms with Crippen LogP contribution in [0.25, 0.3) is 0 Å². The van der Waals surface area contributed by atoms with Gasteiger partial charge in [-0.25, -0.2) is 9.78 Å². The Balaban J connectivity index is 2.35. The summed E-state index contributed by atoms with van der Waals surface area (Å²) in [7, 11) is 0. The molecule has 0 radical (unpaired) electrons. The second kappa shape index (κ2) is 32.2. The quantitative estimate of drug-likeness (QED) is 0.0318. The lowest BCUT2D eigenvalue weighted by Crippen LogP contribution is -2.63. The van der Waals surface area contributed by atoms with Crippen molar-refractivity contribution < 1.29 is 73.2 Å². The molecule has 0 saturated carbocycles. The number of H-pyrrole nitrogens is 1. The number of rotatable bonds is 34. The number of nitrogens with two attached hydrogens (primary N) is 2. The zero-order valence-corrected chi connectivity index (χ0v) is 43.4. The number of hydrogen-bond donors (Lipinski definition) is 15. The van der Waals surface area contributed by atoms with E-state index in [9.17, 15) is 73.2 Å². The molecule has 0 bridgehead atoms. The number of benzene rings is 1. The van der Waals surface area contributed by atoms with Crippen molar-refractivity contribution in [2.24, 2.45) is 23.3 Å². The second-order valence-corrected chi connectivity index (χ2v) is 18.9. The number of amides is 9. The number of aliphatic hydroxyl groups is 2. The topological polar surface area (TPSA) is 446 Å². The number of imidazole rings is 1. The number of primary amides is 1. The summed E-state index contributed by atoms with van der Waals surface area (Å²) in [6, 6.07) is -5.73. The third-order valence-electron chi connectivity index (χ3n) is 12.0. The summed E-state index contributed by atoms with van der Waals surface area (Å²) in [5.74, 6) is -13.0. The van der Waals surface area contributed by atoms with Crippen molar-refractivity contribution >= 4 is 76.9 Å². The minimum absolute atomic E-state index is 0.0761. The Bertz CT molecular complexity index is 2260. The van der Waals surface area contributed by atoms with Crippen molar-refractivity contribution in [3.63, 3.8) is 0 Å². The van der Waals surface area contributed by atoms with E-state index in [4.69, 9.17) is 11.5 Å². The van der Waals surface area contributed by atoms with E-state index >= 15 is 0 Å². The van der Waals surface area contributed by atoms with E-state index in [1.807, 2.05) is 0 Å². The molecule has 0 aliphatic carbocycles. The average Bonchev–Trinajstić information content (AvgIpc) is 3.88. The molecule has 0 aliphatic rings. The smallest absolute Gasteiger partial charge is 0.326 e. The molecule has 1 heterocycles. The minimum Gasteiger partial charge on any atom is -0.481 e. The van der Waals surface area contributed by atoms with Crippen LogP contribution >= 0.6 is 11.8 Å². The molecular weight excluding hydrogens is 1000 g/mol. The summed E-state index contributed by atoms with van der Waals surface area (Å²) in [6.45, 7) is 6.65. The fourth-order valence-electron chi connectivity index (χ4n) is 7.17. The van der Waals surface area contributed by atoms with Crippen LogP contribution in [0.5, 0.6) is 0 Å². The number of nitrogens with one attached hydrogen (secondary N) is 9. The van der Waals surface area contributed by atoms with Gasteiger partial charge < -0.3 is 79.4 Å². The molecule has 9 amide bonds. The zero-order chi connectivity index (χ0) is 56.5. The Morgan fingerprint density at radius 2 is 1.11 bits per heavy atom. The highest BCUT2D eigenvalue weighted by atomic mass is 32.2. The van der Waals surface area contributed by atoms with Gasteiger partial charge in [0.25, 0.3) is 0 Å². The van der Waals surface area contributed by atoms with Gasteiger partial charge in [-0.15, -0.1) is 0 Å². The number of thioether (sulfide) groups is 1. The van der Waals surface area contributed by atoms with Gasteiger partial charge in [-0.1, -0.05) is 70.9 Å². The normalized spacial score (nSPS) is 15.9. The van der Waals surface area contributed by atoms with Crippen molar-refractivity contribution in [1.29, 1.82) is 0 Å². The Morgan fingerprint density at radius 1 is 0.627 bits per heavy atom. The number of carbonyl (C=O) groups excluding carboxylic acids is 9. The standard InChI is InChI=1S/C47H72N12O15S/c1-7-23(3)36(45(71)55-32(19-35(63)64)41(67)54-30(16-26-12-10-9-11-13-26)42(68)58-37(47(73)74)24(4)8-2)57-40(66)29(14-15-75-6)52-44(70)33(21-60)56-46(72)38(25(5)61)59-43(69)31(17-27-20-50-22-51-27)53-39(65)28(48)18-34(49)62/h9-13,20,22-25,28-33,36-38,60-61H,7-8,14-19,21,48H2,1-6H3,(H2,49,62)(H,50,51)(H,52,70)(H,53,65)(H,54,67)(H,55,71)(H,56,72)(H,57,66)(H,58,68)(H,59,69)(H,63,64)(H,73,74). The number of aromatic amines is 1. The molecule has 28 heteroatoms. The minimum atomic E-state index is -1.84. The second-order valence-electron chi connectivity index (χ2n) is 17.9. The SMILES string of the molecule is CCC(C)C(NC(=O)C(Cc1ccccc1)NC(=O)C(CC(=O)O)NC(=O)C(NC(=O)C(CCSC)NC(=O)C(CO)NC(=O)C(NC(=O)C(Cc1cnc[nH]1)NC(=O)C(N)CC(N)=O)C(C)O)C(C)CC)C(=O)O. The van der Waals surface area contributed by atoms with Crippen molar-refractivity contribution in [1.82, 2.24) is 52.5 Å². The number of carboxylic acid groups (broad SMARTS) is 2. The van der Waals surface area contributed by atoms with Gasteiger partial charge in [-0.2, -0.15) is 11.8 Å². The van der Waals surface area contributed by atoms with Gasteiger partial charge in [-0.05, 0) is 42.8 Å². The molecule has 1 aromatic heterocycles. The predicted octanol–water partition coefficient (Wildman–Crippen LogP) is -3.95. The summed E-state index contributed by atoms with van der Waals surface area (Å²) in [4.78, 5) is 151. The average molecular weight is 1080 g/mol. The largest absolute Gasteiger partial charge is 0.481 e. The van der Waals surface area contributed by atoms with Crippen LogP contribution in [0, 0.1) is 11.8 Å². The molecule has 2 aromatic rings. The molecule has 12 unspecified atom stereocenters. The van der Waals surface area contributed by atoms with Crippen molar-refractivity contribution in [2.75, 3.05) is 18.6 Å². The van der Waals surface area contributed by atoms with E-state index in [0.29, 0.717) is 17.7 Å². The van der Waals surface area contributed by atoms with Crippen molar-refractivity contribution in [3.05, 3.63) is 54.1 Å². The Labute approximate surface area is 437 Å². The molecule has 17 N–H and O–H groups in total. The number of aromatic nitrogens is 2. The molecule has 12 atom stereocenters. The lowest BCUT2D eigenvalue weighted by molar-refractivity contribution is -0.144. The molecule has 0 saturated heterocycles. The van der Waals surface area contributed by atoms with Gasteiger partial charge in [0.15, 0.2) is 0 Å². The van der Waals surface area contributed by atoms with Gasteiger partial charge in [0.05, 0.1) is 37.9 Å². The lowest BCUT2D eigenvalue weighted by Gasteiger charge is -2.29. The maximum absolute atomic E-state index is 14.1. The third kappa shape index (κ3) is 21.7. The molecule has 0 spiro atoms. The molecule has 416 valence electrons. The van der Waals surface area contributed by atoms with Crippen LogP contribution in [-0.2, 0) is 65.6 Å². The fraction of sp³-hybridized carbons (Fsp3) is 0.574. The van der Waals surface area contributed by atoms with E-state index in [-0.39, 0.29) is 31.4 Å². The summed E-state index contributed by atoms with van der Waals surface area (Å²) >= 11 is 1.28. The molecule has 0 fully saturated rings. The first kappa shape index (κ1) is 63.9. The maximum atomic E-state index is 14.1. The summed E-state index contributed by atoms with van der Waals surface area (Å²) in [5, 5.41) is 59.7. The molecule has 2 rings (SSSR count). The van der Waals surface area contributed by atoms with Crippen LogP contribution in [0.4, 0.5) is 0 Å². The predicted molar refractivity (Wildman–Crippen MR) is 270 cm³/mol. The van der Waals surface area contributed by atoms with Gasteiger partial charge in [0, 0.05) is 24.7 Å². The number of carbonyl (C=O) groups is 11. The summed E-state index contributed by atoms with van der Waals surface area (Å²) in [6.07, 6.45) is 1.30. The molecular formula is C47H72N12O15S. The van der Waals surface area contributed by atoms with E-state index in [2.05, 4.69) is 52.5 Å². The van der Waals surface area contributed by atoms with Crippen LogP contribution in [0.3, 0.4) is 0 Å². The van der Waals surface area contributed by atoms with Gasteiger partial charge in [-0.3, -0.25) is 47.9 Å². The Hall–Kier alpha value is -7.17. The van der Waals surface area contributed by atoms with Crippen LogP contribution < -0.4 is 54.0 Å². The lowest BCUT2D eigenvalue weighted by atomic mass is 9.96. The highest BCUT2D eigenvalue weighted by molar-refractivity contribution is 7.98. The van der Waals surface area contributed by atoms with Crippen LogP contribution in [-0.4, -0.2) is 175 Å². The Kier molecular flexibility index (Phi) is 27.5. The first-order valence-corrected chi connectivity index (χ1v) is 25.5. The van der Waals surface area contributed by atoms with E-state index < -0.39 is 157 Å². The number of nitrogens with zero attached hydrogens (tertiary/aromatic N) is 1. The number of hydrogen-bond acceptors (Lipinski definition) is 16. The molecule has 75 heavy (non-hydrogen) atoms. The summed E-state index contributed by atoms with van der Waals surface area (Å²) < 4.78 is 0. The number of aliphatic hydroxyl groups excluding tert-OH is 2. The van der Waals surface area contributed by atoms with E-state index in [1.54, 1.807) is 64.3 Å². The number of carboxylic acids is 2. The summed E-state index contributed by atoms with van der Waals surface area (Å²) in [5.41, 5.74) is 11.8. The third-order valence-corrected chi connectivity index (χ3v) is 12.6. The number of aliphatic carboxylic acids is 2. The first-order chi connectivity index (χ1) is 35.4. The fourth-order valence-corrected chi connectivity index (χ4v) is 7.65. The highest BCUT2D eigenvalue weighted by Crippen LogP contribution is 2.14. The first-order valence-electron chi connectivity index (χ1n) is 24.1. The van der Waals surface area contributed by atoms with Crippen molar-refractivity contribution in [3.8, 4) is 0 Å². The van der Waals surface area contributed by atoms with Crippen LogP contribution in [0.2, 0.25) is 0 Å². The molecule has 27 nitrogen and oxygen atoms in total. The zero-order valence-electron chi connectivity index (χ0n) is 42.6.